The van der Waals surface area contributed by atoms with Crippen molar-refractivity contribution < 1.29 is 37.6 Å². The lowest BCUT2D eigenvalue weighted by Gasteiger charge is -2.07. The molecule has 0 saturated carbocycles. The Morgan fingerprint density at radius 1 is 0.576 bits per heavy atom. The number of imide groups is 2. The van der Waals surface area contributed by atoms with Crippen LogP contribution in [0.3, 0.4) is 0 Å². The van der Waals surface area contributed by atoms with E-state index >= 15 is 0 Å². The van der Waals surface area contributed by atoms with Crippen molar-refractivity contribution in [2.75, 3.05) is 14.1 Å². The number of benzene rings is 3. The predicted molar refractivity (Wildman–Crippen MR) is 122 cm³/mol. The molecular formula is C26H22N2O5. The van der Waals surface area contributed by atoms with Gasteiger partial charge in [-0.25, -0.2) is 0 Å². The molecule has 0 saturated heterocycles. The molecule has 2 heterocycles. The summed E-state index contributed by atoms with van der Waals surface area (Å²) < 4.78 is 84.0. The number of amides is 4. The highest BCUT2D eigenvalue weighted by molar-refractivity contribution is 6.22. The fourth-order valence-electron chi connectivity index (χ4n) is 2.92. The molecule has 0 aromatic heterocycles. The van der Waals surface area contributed by atoms with Gasteiger partial charge in [0.25, 0.3) is 23.6 Å². The third-order valence-corrected chi connectivity index (χ3v) is 4.73. The van der Waals surface area contributed by atoms with Crippen molar-refractivity contribution in [3.05, 3.63) is 93.8 Å². The lowest BCUT2D eigenvalue weighted by molar-refractivity contribution is 0.0678. The monoisotopic (exact) mass is 452 g/mol. The van der Waals surface area contributed by atoms with Gasteiger partial charge in [0.15, 0.2) is 0 Å². The first-order chi connectivity index (χ1) is 19.9. The number of nitrogens with zero attached hydrogens (tertiary/aromatic N) is 2. The number of carbonyl (C=O) groups is 4. The Bertz CT molecular complexity index is 1640. The molecule has 33 heavy (non-hydrogen) atoms. The van der Waals surface area contributed by atoms with Crippen LogP contribution in [0, 0.1) is 13.8 Å². The highest BCUT2D eigenvalue weighted by Crippen LogP contribution is 2.31. The van der Waals surface area contributed by atoms with Crippen molar-refractivity contribution >= 4 is 23.6 Å². The van der Waals surface area contributed by atoms with Gasteiger partial charge < -0.3 is 4.74 Å². The molecule has 0 atom stereocenters. The second-order valence-electron chi connectivity index (χ2n) is 7.10. The maximum atomic E-state index is 12.3. The quantitative estimate of drug-likeness (QED) is 0.543. The molecule has 2 aliphatic heterocycles. The van der Waals surface area contributed by atoms with Gasteiger partial charge in [0, 0.05) is 14.1 Å². The normalized spacial score (nSPS) is 18.4. The molecule has 5 rings (SSSR count). The molecule has 0 fully saturated rings. The molecule has 3 aromatic rings. The van der Waals surface area contributed by atoms with Crippen LogP contribution in [0.25, 0.3) is 0 Å². The lowest BCUT2D eigenvalue weighted by atomic mass is 10.1. The summed E-state index contributed by atoms with van der Waals surface area (Å²) in [6.07, 6.45) is 0. The minimum absolute atomic E-state index is 0.0634. The first-order valence-corrected chi connectivity index (χ1v) is 9.51. The van der Waals surface area contributed by atoms with Crippen LogP contribution in [0.4, 0.5) is 0 Å². The van der Waals surface area contributed by atoms with Gasteiger partial charge in [-0.2, -0.15) is 0 Å². The fourth-order valence-corrected chi connectivity index (χ4v) is 2.92. The van der Waals surface area contributed by atoms with E-state index in [2.05, 4.69) is 0 Å². The van der Waals surface area contributed by atoms with Gasteiger partial charge in [-0.3, -0.25) is 29.0 Å². The minimum atomic E-state index is -0.877. The summed E-state index contributed by atoms with van der Waals surface area (Å²) in [4.78, 5) is 50.5. The molecule has 0 unspecified atom stereocenters. The van der Waals surface area contributed by atoms with E-state index in [1.807, 2.05) is 0 Å². The van der Waals surface area contributed by atoms with Crippen molar-refractivity contribution in [1.82, 2.24) is 9.80 Å². The summed E-state index contributed by atoms with van der Waals surface area (Å²) in [7, 11) is 2.31. The van der Waals surface area contributed by atoms with Crippen LogP contribution in [0.2, 0.25) is 0 Å². The number of hydrogen-bond donors (Lipinski definition) is 0. The number of rotatable bonds is 2. The smallest absolute Gasteiger partial charge is 0.261 e. The summed E-state index contributed by atoms with van der Waals surface area (Å²) in [6, 6.07) is -4.01. The summed E-state index contributed by atoms with van der Waals surface area (Å²) in [5.74, 6) is -4.83. The van der Waals surface area contributed by atoms with Crippen LogP contribution in [0.5, 0.6) is 11.5 Å². The van der Waals surface area contributed by atoms with Gasteiger partial charge in [0.05, 0.1) is 36.0 Å². The molecular weight excluding hydrogens is 420 g/mol. The van der Waals surface area contributed by atoms with E-state index in [0.29, 0.717) is 20.9 Å². The van der Waals surface area contributed by atoms with E-state index in [1.165, 1.54) is 0 Å². The predicted octanol–water partition coefficient (Wildman–Crippen LogP) is 4.23. The SMILES string of the molecule is [2H]c1c([2H])c(C)c([2H])c([2H])c1C.[2H]c1c([2H])c2c(c([2H])c1Oc1c([2H])c([2H])c3c(c1[2H])C(=O)N(C)C3=O)C(=O)N(C)C2=O. The molecule has 0 bridgehead atoms. The molecule has 0 aliphatic carbocycles. The summed E-state index contributed by atoms with van der Waals surface area (Å²) in [5.41, 5.74) is -0.944. The van der Waals surface area contributed by atoms with Crippen LogP contribution < -0.4 is 4.74 Å². The Labute approximate surface area is 205 Å². The molecule has 166 valence electrons. The number of fused-ring (bicyclic) bond motifs is 2. The second-order valence-corrected chi connectivity index (χ2v) is 7.10. The topological polar surface area (TPSA) is 84.0 Å². The average Bonchev–Trinajstić information content (AvgIpc) is 3.35. The van der Waals surface area contributed by atoms with Gasteiger partial charge >= 0.3 is 0 Å². The maximum absolute atomic E-state index is 12.3. The standard InChI is InChI=1S/C18H12N2O5.C8H10/c1-19-15(21)11-5-3-9(7-13(11)17(19)23)25-10-4-6-12-14(8-10)18(24)20(2)16(12)22;1-7-3-5-8(2)6-4-7/h3-8H,1-2H3;3-6H,1-2H3/i3D,4D,5D,6D,7D,8D;3D,4D,5D,6D. The van der Waals surface area contributed by atoms with E-state index in [0.717, 1.165) is 14.1 Å². The van der Waals surface area contributed by atoms with Gasteiger partial charge in [-0.05, 0) is 50.1 Å². The van der Waals surface area contributed by atoms with Crippen molar-refractivity contribution in [3.63, 3.8) is 0 Å². The second kappa shape index (κ2) is 8.35. The zero-order valence-corrected chi connectivity index (χ0v) is 17.9. The zero-order chi connectivity index (χ0) is 32.6. The van der Waals surface area contributed by atoms with Crippen molar-refractivity contribution in [1.29, 1.82) is 0 Å². The highest BCUT2D eigenvalue weighted by Gasteiger charge is 2.34. The largest absolute Gasteiger partial charge is 0.457 e. The molecule has 7 nitrogen and oxygen atoms in total. The van der Waals surface area contributed by atoms with E-state index in [1.54, 1.807) is 13.8 Å². The summed E-state index contributed by atoms with van der Waals surface area (Å²) >= 11 is 0. The molecule has 2 aliphatic rings. The van der Waals surface area contributed by atoms with E-state index in [4.69, 9.17) is 18.4 Å². The Kier molecular flexibility index (Phi) is 3.21. The van der Waals surface area contributed by atoms with Crippen LogP contribution >= 0.6 is 0 Å². The Hall–Kier alpha value is -4.26. The van der Waals surface area contributed by atoms with Gasteiger partial charge in [-0.15, -0.1) is 0 Å². The van der Waals surface area contributed by atoms with Crippen molar-refractivity contribution in [3.8, 4) is 11.5 Å². The third kappa shape index (κ3) is 4.01. The van der Waals surface area contributed by atoms with Crippen LogP contribution in [-0.4, -0.2) is 47.5 Å². The Balaban J connectivity index is 0.000000296. The zero-order valence-electron chi connectivity index (χ0n) is 27.9. The van der Waals surface area contributed by atoms with Crippen molar-refractivity contribution in [2.24, 2.45) is 0 Å². The number of hydrogen-bond acceptors (Lipinski definition) is 5. The first-order valence-electron chi connectivity index (χ1n) is 14.5. The van der Waals surface area contributed by atoms with E-state index < -0.39 is 93.6 Å². The van der Waals surface area contributed by atoms with Crippen molar-refractivity contribution in [2.45, 2.75) is 13.8 Å². The Morgan fingerprint density at radius 3 is 1.27 bits per heavy atom. The van der Waals surface area contributed by atoms with Gasteiger partial charge in [0.1, 0.15) is 11.5 Å². The molecule has 7 heteroatoms. The van der Waals surface area contributed by atoms with Gasteiger partial charge in [0.2, 0.25) is 0 Å². The van der Waals surface area contributed by atoms with E-state index in [-0.39, 0.29) is 24.2 Å². The third-order valence-electron chi connectivity index (χ3n) is 4.73. The van der Waals surface area contributed by atoms with Gasteiger partial charge in [-0.1, -0.05) is 35.3 Å². The highest BCUT2D eigenvalue weighted by atomic mass is 16.5. The molecule has 0 N–H and O–H groups in total. The first kappa shape index (κ1) is 12.7. The summed E-state index contributed by atoms with van der Waals surface area (Å²) in [6.45, 7) is 3.19. The Morgan fingerprint density at radius 2 is 0.909 bits per heavy atom. The summed E-state index contributed by atoms with van der Waals surface area (Å²) in [5, 5.41) is 0. The molecule has 0 spiro atoms. The number of carbonyl (C=O) groups excluding carboxylic acids is 4. The maximum Gasteiger partial charge on any atom is 0.261 e. The lowest BCUT2D eigenvalue weighted by Crippen LogP contribution is -2.24. The number of ether oxygens (including phenoxy) is 1. The molecule has 0 radical (unpaired) electrons. The fraction of sp³-hybridized carbons (Fsp3) is 0.154. The van der Waals surface area contributed by atoms with Crippen LogP contribution in [-0.2, 0) is 0 Å². The van der Waals surface area contributed by atoms with Crippen LogP contribution in [0.15, 0.2) is 60.4 Å². The minimum Gasteiger partial charge on any atom is -0.457 e. The molecule has 3 aromatic carbocycles. The average molecular weight is 453 g/mol. The molecule has 4 amide bonds. The van der Waals surface area contributed by atoms with Crippen LogP contribution in [0.1, 0.15) is 66.3 Å². The van der Waals surface area contributed by atoms with E-state index in [9.17, 15) is 19.2 Å².